The number of nitrogens with zero attached hydrogens (tertiary/aromatic N) is 3. The van der Waals surface area contributed by atoms with Crippen molar-refractivity contribution in [2.24, 2.45) is 7.05 Å². The molecule has 0 aromatic carbocycles. The highest BCUT2D eigenvalue weighted by Crippen LogP contribution is 2.17. The van der Waals surface area contributed by atoms with Gasteiger partial charge in [-0.3, -0.25) is 9.58 Å². The minimum absolute atomic E-state index is 0.494. The van der Waals surface area contributed by atoms with Gasteiger partial charge in [0, 0.05) is 37.9 Å². The fourth-order valence-electron chi connectivity index (χ4n) is 2.90. The summed E-state index contributed by atoms with van der Waals surface area (Å²) in [6.45, 7) is 11.3. The summed E-state index contributed by atoms with van der Waals surface area (Å²) >= 11 is 0. The summed E-state index contributed by atoms with van der Waals surface area (Å²) < 4.78 is 1.93. The van der Waals surface area contributed by atoms with Crippen LogP contribution in [0.1, 0.15) is 50.8 Å². The molecule has 1 aromatic rings. The minimum atomic E-state index is 0.494. The first-order chi connectivity index (χ1) is 9.08. The van der Waals surface area contributed by atoms with Gasteiger partial charge in [-0.1, -0.05) is 13.8 Å². The van der Waals surface area contributed by atoms with E-state index in [1.165, 1.54) is 37.2 Å². The number of rotatable bonds is 6. The van der Waals surface area contributed by atoms with Crippen LogP contribution >= 0.6 is 0 Å². The number of hydrogen-bond donors (Lipinski definition) is 1. The van der Waals surface area contributed by atoms with Crippen LogP contribution in [-0.2, 0) is 13.6 Å². The van der Waals surface area contributed by atoms with Crippen LogP contribution in [0.15, 0.2) is 6.20 Å². The van der Waals surface area contributed by atoms with Gasteiger partial charge < -0.3 is 5.32 Å². The van der Waals surface area contributed by atoms with Crippen LogP contribution in [-0.4, -0.2) is 40.4 Å². The molecule has 108 valence electrons. The number of likely N-dealkylation sites (tertiary alicyclic amines) is 1. The average molecular weight is 264 g/mol. The van der Waals surface area contributed by atoms with Gasteiger partial charge in [0.25, 0.3) is 0 Å². The molecule has 1 aliphatic rings. The molecular weight excluding hydrogens is 236 g/mol. The van der Waals surface area contributed by atoms with Gasteiger partial charge in [0.15, 0.2) is 0 Å². The lowest BCUT2D eigenvalue weighted by Gasteiger charge is -2.24. The number of nitrogens with one attached hydrogen (secondary N) is 1. The Hall–Kier alpha value is -0.870. The van der Waals surface area contributed by atoms with Crippen LogP contribution in [0.2, 0.25) is 0 Å². The Kier molecular flexibility index (Phi) is 4.99. The van der Waals surface area contributed by atoms with Crippen molar-refractivity contribution in [3.8, 4) is 0 Å². The second-order valence-electron chi connectivity index (χ2n) is 6.09. The van der Waals surface area contributed by atoms with E-state index in [-0.39, 0.29) is 0 Å². The number of hydrogen-bond acceptors (Lipinski definition) is 3. The zero-order chi connectivity index (χ0) is 13.8. The minimum Gasteiger partial charge on any atom is -0.311 e. The second-order valence-corrected chi connectivity index (χ2v) is 6.09. The average Bonchev–Trinajstić information content (AvgIpc) is 2.98. The zero-order valence-corrected chi connectivity index (χ0v) is 12.8. The van der Waals surface area contributed by atoms with Gasteiger partial charge in [0.05, 0.1) is 5.69 Å². The molecule has 0 amide bonds. The Bertz CT molecular complexity index is 391. The van der Waals surface area contributed by atoms with Gasteiger partial charge in [-0.05, 0) is 38.8 Å². The van der Waals surface area contributed by atoms with Crippen LogP contribution in [0.4, 0.5) is 0 Å². The molecule has 1 aromatic heterocycles. The summed E-state index contributed by atoms with van der Waals surface area (Å²) in [5.74, 6) is 0.494. The molecule has 19 heavy (non-hydrogen) atoms. The highest BCUT2D eigenvalue weighted by atomic mass is 15.3. The molecule has 2 heterocycles. The third-order valence-corrected chi connectivity index (χ3v) is 4.00. The molecule has 4 heteroatoms. The van der Waals surface area contributed by atoms with E-state index in [0.717, 1.165) is 13.1 Å². The van der Waals surface area contributed by atoms with E-state index in [2.05, 4.69) is 42.3 Å². The molecule has 2 rings (SSSR count). The van der Waals surface area contributed by atoms with Gasteiger partial charge in [0.2, 0.25) is 0 Å². The molecule has 0 spiro atoms. The van der Waals surface area contributed by atoms with E-state index in [1.807, 2.05) is 11.7 Å². The van der Waals surface area contributed by atoms with Gasteiger partial charge >= 0.3 is 0 Å². The first-order valence-electron chi connectivity index (χ1n) is 7.55. The predicted molar refractivity (Wildman–Crippen MR) is 79.3 cm³/mol. The molecule has 0 bridgehead atoms. The molecule has 1 aliphatic heterocycles. The number of aromatic nitrogens is 2. The molecule has 1 atom stereocenters. The van der Waals surface area contributed by atoms with Crippen LogP contribution in [0.25, 0.3) is 0 Å². The lowest BCUT2D eigenvalue weighted by molar-refractivity contribution is 0.251. The highest BCUT2D eigenvalue weighted by molar-refractivity contribution is 5.19. The maximum atomic E-state index is 4.55. The van der Waals surface area contributed by atoms with E-state index < -0.39 is 0 Å². The Morgan fingerprint density at radius 2 is 1.95 bits per heavy atom. The monoisotopic (exact) mass is 264 g/mol. The van der Waals surface area contributed by atoms with E-state index in [1.54, 1.807) is 0 Å². The molecule has 0 saturated carbocycles. The van der Waals surface area contributed by atoms with Crippen molar-refractivity contribution in [2.75, 3.05) is 19.6 Å². The van der Waals surface area contributed by atoms with Gasteiger partial charge in [-0.2, -0.15) is 5.10 Å². The van der Waals surface area contributed by atoms with Gasteiger partial charge in [0.1, 0.15) is 0 Å². The first-order valence-corrected chi connectivity index (χ1v) is 7.55. The summed E-state index contributed by atoms with van der Waals surface area (Å²) in [6, 6.07) is 0.640. The zero-order valence-electron chi connectivity index (χ0n) is 12.8. The summed E-state index contributed by atoms with van der Waals surface area (Å²) in [6.07, 6.45) is 4.87. The predicted octanol–water partition coefficient (Wildman–Crippen LogP) is 2.12. The fourth-order valence-corrected chi connectivity index (χ4v) is 2.90. The van der Waals surface area contributed by atoms with Gasteiger partial charge in [-0.25, -0.2) is 0 Å². The van der Waals surface area contributed by atoms with Crippen molar-refractivity contribution in [1.82, 2.24) is 20.0 Å². The number of aryl methyl sites for hydroxylation is 1. The normalized spacial score (nSPS) is 18.4. The molecule has 1 N–H and O–H groups in total. The molecule has 4 nitrogen and oxygen atoms in total. The van der Waals surface area contributed by atoms with Crippen molar-refractivity contribution in [3.63, 3.8) is 0 Å². The third-order valence-electron chi connectivity index (χ3n) is 4.00. The molecular formula is C15H28N4. The highest BCUT2D eigenvalue weighted by Gasteiger charge is 2.18. The molecule has 0 aliphatic carbocycles. The smallest absolute Gasteiger partial charge is 0.0694 e. The summed E-state index contributed by atoms with van der Waals surface area (Å²) in [4.78, 5) is 2.58. The summed E-state index contributed by atoms with van der Waals surface area (Å²) in [5, 5.41) is 8.14. The topological polar surface area (TPSA) is 33.1 Å². The molecule has 0 radical (unpaired) electrons. The van der Waals surface area contributed by atoms with E-state index in [4.69, 9.17) is 0 Å². The Morgan fingerprint density at radius 3 is 2.58 bits per heavy atom. The van der Waals surface area contributed by atoms with Crippen LogP contribution in [0, 0.1) is 0 Å². The van der Waals surface area contributed by atoms with E-state index in [9.17, 15) is 0 Å². The molecule has 1 fully saturated rings. The quantitative estimate of drug-likeness (QED) is 0.854. The summed E-state index contributed by atoms with van der Waals surface area (Å²) in [5.41, 5.74) is 2.56. The van der Waals surface area contributed by atoms with E-state index in [0.29, 0.717) is 12.0 Å². The van der Waals surface area contributed by atoms with E-state index >= 15 is 0 Å². The third kappa shape index (κ3) is 3.80. The van der Waals surface area contributed by atoms with Crippen molar-refractivity contribution in [1.29, 1.82) is 0 Å². The van der Waals surface area contributed by atoms with Gasteiger partial charge in [-0.15, -0.1) is 0 Å². The lowest BCUT2D eigenvalue weighted by atomic mass is 10.1. The van der Waals surface area contributed by atoms with Crippen LogP contribution < -0.4 is 5.32 Å². The molecule has 1 saturated heterocycles. The summed E-state index contributed by atoms with van der Waals surface area (Å²) in [7, 11) is 2.00. The maximum Gasteiger partial charge on any atom is 0.0694 e. The Morgan fingerprint density at radius 1 is 1.26 bits per heavy atom. The van der Waals surface area contributed by atoms with Crippen LogP contribution in [0.5, 0.6) is 0 Å². The Balaban J connectivity index is 1.81. The lowest BCUT2D eigenvalue weighted by Crippen LogP contribution is -2.38. The largest absolute Gasteiger partial charge is 0.311 e. The first kappa shape index (κ1) is 14.5. The Labute approximate surface area is 117 Å². The van der Waals surface area contributed by atoms with Crippen molar-refractivity contribution >= 4 is 0 Å². The van der Waals surface area contributed by atoms with Crippen molar-refractivity contribution < 1.29 is 0 Å². The maximum absolute atomic E-state index is 4.55. The van der Waals surface area contributed by atoms with Crippen LogP contribution in [0.3, 0.4) is 0 Å². The molecule has 1 unspecified atom stereocenters. The second kappa shape index (κ2) is 6.53. The van der Waals surface area contributed by atoms with Crippen molar-refractivity contribution in [2.45, 2.75) is 52.1 Å². The SMILES string of the molecule is CC(C)c1nn(C)cc1CNCC(C)N1CCCC1. The van der Waals surface area contributed by atoms with Crippen molar-refractivity contribution in [3.05, 3.63) is 17.5 Å². The standard InChI is InChI=1S/C15H28N4/c1-12(2)15-14(11-18(4)17-15)10-16-9-13(3)19-7-5-6-8-19/h11-13,16H,5-10H2,1-4H3. The fraction of sp³-hybridized carbons (Fsp3) is 0.800.